The van der Waals surface area contributed by atoms with E-state index in [4.69, 9.17) is 9.47 Å². The van der Waals surface area contributed by atoms with Gasteiger partial charge in [0, 0.05) is 36.8 Å². The maximum atomic E-state index is 11.7. The molecule has 0 fully saturated rings. The predicted molar refractivity (Wildman–Crippen MR) is 109 cm³/mol. The largest absolute Gasteiger partial charge is 0.496 e. The second-order valence-electron chi connectivity index (χ2n) is 6.96. The van der Waals surface area contributed by atoms with Gasteiger partial charge in [-0.05, 0) is 35.7 Å². The Morgan fingerprint density at radius 1 is 1.11 bits per heavy atom. The predicted octanol–water partition coefficient (Wildman–Crippen LogP) is 4.28. The number of carbonyl (C=O) groups excluding carboxylic acids is 1. The van der Waals surface area contributed by atoms with Crippen LogP contribution in [-0.4, -0.2) is 24.8 Å². The average Bonchev–Trinajstić information content (AvgIpc) is 3.01. The zero-order chi connectivity index (χ0) is 19.7. The molecule has 2 aromatic carbocycles. The Kier molecular flexibility index (Phi) is 4.82. The molecule has 5 heteroatoms. The Hall–Kier alpha value is -3.21. The lowest BCUT2D eigenvalue weighted by molar-refractivity contribution is 0.142. The molecule has 1 aliphatic rings. The van der Waals surface area contributed by atoms with E-state index in [0.29, 0.717) is 0 Å². The Morgan fingerprint density at radius 2 is 1.82 bits per heavy atom. The zero-order valence-electron chi connectivity index (χ0n) is 16.4. The summed E-state index contributed by atoms with van der Waals surface area (Å²) >= 11 is 0. The van der Waals surface area contributed by atoms with E-state index in [2.05, 4.69) is 47.1 Å². The van der Waals surface area contributed by atoms with Gasteiger partial charge in [0.2, 0.25) is 0 Å². The number of aromatic nitrogens is 1. The van der Waals surface area contributed by atoms with Crippen LogP contribution in [-0.2, 0) is 24.3 Å². The van der Waals surface area contributed by atoms with Crippen LogP contribution in [0.3, 0.4) is 0 Å². The summed E-state index contributed by atoms with van der Waals surface area (Å²) in [4.78, 5) is 11.7. The SMILES string of the molecule is CNC(=O)OCc1c(C)c2n(c1-c1ccccc1OC)Cc1ccccc1C2. The van der Waals surface area contributed by atoms with E-state index < -0.39 is 6.09 Å². The highest BCUT2D eigenvalue weighted by molar-refractivity contribution is 5.74. The second-order valence-corrected chi connectivity index (χ2v) is 6.96. The molecule has 3 aromatic rings. The first kappa shape index (κ1) is 18.2. The summed E-state index contributed by atoms with van der Waals surface area (Å²) in [6.07, 6.45) is 0.433. The molecule has 0 bridgehead atoms. The number of alkyl carbamates (subject to hydrolysis) is 1. The molecule has 1 aliphatic heterocycles. The Morgan fingerprint density at radius 3 is 2.57 bits per heavy atom. The van der Waals surface area contributed by atoms with E-state index in [9.17, 15) is 4.79 Å². The van der Waals surface area contributed by atoms with Crippen LogP contribution < -0.4 is 10.1 Å². The van der Waals surface area contributed by atoms with E-state index in [1.165, 1.54) is 22.4 Å². The molecule has 4 rings (SSSR count). The third kappa shape index (κ3) is 3.03. The van der Waals surface area contributed by atoms with Crippen LogP contribution in [0.5, 0.6) is 5.75 Å². The number of hydrogen-bond acceptors (Lipinski definition) is 3. The van der Waals surface area contributed by atoms with Gasteiger partial charge in [-0.15, -0.1) is 0 Å². The average molecular weight is 376 g/mol. The van der Waals surface area contributed by atoms with Crippen LogP contribution in [0.4, 0.5) is 4.79 Å². The number of nitrogens with one attached hydrogen (secondary N) is 1. The highest BCUT2D eigenvalue weighted by Gasteiger charge is 2.27. The molecule has 2 heterocycles. The Balaban J connectivity index is 1.89. The van der Waals surface area contributed by atoms with Crippen LogP contribution in [0.1, 0.15) is 27.9 Å². The number of ether oxygens (including phenoxy) is 2. The van der Waals surface area contributed by atoms with Gasteiger partial charge in [-0.3, -0.25) is 0 Å². The lowest BCUT2D eigenvalue weighted by atomic mass is 9.97. The summed E-state index contributed by atoms with van der Waals surface area (Å²) in [7, 11) is 3.25. The number of amides is 1. The van der Waals surface area contributed by atoms with Crippen molar-refractivity contribution in [1.29, 1.82) is 0 Å². The summed E-state index contributed by atoms with van der Waals surface area (Å²) in [6.45, 7) is 3.12. The van der Waals surface area contributed by atoms with Crippen LogP contribution >= 0.6 is 0 Å². The smallest absolute Gasteiger partial charge is 0.407 e. The molecule has 1 aromatic heterocycles. The fourth-order valence-electron chi connectivity index (χ4n) is 4.02. The van der Waals surface area contributed by atoms with Gasteiger partial charge < -0.3 is 19.4 Å². The third-order valence-electron chi connectivity index (χ3n) is 5.49. The summed E-state index contributed by atoms with van der Waals surface area (Å²) in [6, 6.07) is 16.5. The van der Waals surface area contributed by atoms with Crippen molar-refractivity contribution in [2.24, 2.45) is 0 Å². The molecule has 0 atom stereocenters. The maximum absolute atomic E-state index is 11.7. The molecular weight excluding hydrogens is 352 g/mol. The number of methoxy groups -OCH3 is 1. The lowest BCUT2D eigenvalue weighted by Crippen LogP contribution is -2.19. The molecule has 0 spiro atoms. The topological polar surface area (TPSA) is 52.5 Å². The lowest BCUT2D eigenvalue weighted by Gasteiger charge is -2.23. The first-order valence-corrected chi connectivity index (χ1v) is 9.39. The number of carbonyl (C=O) groups is 1. The minimum absolute atomic E-state index is 0.217. The van der Waals surface area contributed by atoms with Crippen molar-refractivity contribution in [2.75, 3.05) is 14.2 Å². The van der Waals surface area contributed by atoms with Crippen molar-refractivity contribution in [2.45, 2.75) is 26.5 Å². The first-order chi connectivity index (χ1) is 13.6. The fraction of sp³-hybridized carbons (Fsp3) is 0.261. The van der Waals surface area contributed by atoms with Gasteiger partial charge in [0.25, 0.3) is 0 Å². The fourth-order valence-corrected chi connectivity index (χ4v) is 4.02. The zero-order valence-corrected chi connectivity index (χ0v) is 16.4. The maximum Gasteiger partial charge on any atom is 0.407 e. The third-order valence-corrected chi connectivity index (χ3v) is 5.49. The van der Waals surface area contributed by atoms with Gasteiger partial charge in [-0.2, -0.15) is 0 Å². The molecule has 0 unspecified atom stereocenters. The van der Waals surface area contributed by atoms with Crippen LogP contribution in [0, 0.1) is 6.92 Å². The molecule has 1 N–H and O–H groups in total. The number of hydrogen-bond donors (Lipinski definition) is 1. The highest BCUT2D eigenvalue weighted by Crippen LogP contribution is 2.40. The van der Waals surface area contributed by atoms with E-state index in [1.807, 2.05) is 18.2 Å². The van der Waals surface area contributed by atoms with Crippen molar-refractivity contribution < 1.29 is 14.3 Å². The van der Waals surface area contributed by atoms with E-state index in [1.54, 1.807) is 14.2 Å². The van der Waals surface area contributed by atoms with Gasteiger partial charge in [0.1, 0.15) is 12.4 Å². The van der Waals surface area contributed by atoms with Gasteiger partial charge >= 0.3 is 6.09 Å². The van der Waals surface area contributed by atoms with Crippen LogP contribution in [0.25, 0.3) is 11.3 Å². The highest BCUT2D eigenvalue weighted by atomic mass is 16.5. The number of para-hydroxylation sites is 1. The minimum atomic E-state index is -0.433. The van der Waals surface area contributed by atoms with Gasteiger partial charge in [0.05, 0.1) is 12.8 Å². The molecule has 0 radical (unpaired) electrons. The molecule has 0 saturated carbocycles. The van der Waals surface area contributed by atoms with Crippen LogP contribution in [0.15, 0.2) is 48.5 Å². The van der Waals surface area contributed by atoms with Crippen LogP contribution in [0.2, 0.25) is 0 Å². The summed E-state index contributed by atoms with van der Waals surface area (Å²) in [5.74, 6) is 0.808. The van der Waals surface area contributed by atoms with E-state index in [0.717, 1.165) is 35.5 Å². The van der Waals surface area contributed by atoms with Crippen molar-refractivity contribution in [3.8, 4) is 17.0 Å². The number of fused-ring (bicyclic) bond motifs is 2. The molecular formula is C23H24N2O3. The van der Waals surface area contributed by atoms with E-state index in [-0.39, 0.29) is 6.61 Å². The van der Waals surface area contributed by atoms with Crippen molar-refractivity contribution in [3.63, 3.8) is 0 Å². The standard InChI is InChI=1S/C23H24N2O3/c1-15-19(14-28-23(26)24-2)22(18-10-6-7-11-21(18)27-3)25-13-17-9-5-4-8-16(17)12-20(15)25/h4-11H,12-14H2,1-3H3,(H,24,26). The van der Waals surface area contributed by atoms with Crippen molar-refractivity contribution >= 4 is 6.09 Å². The molecule has 0 aliphatic carbocycles. The van der Waals surface area contributed by atoms with E-state index >= 15 is 0 Å². The Labute approximate surface area is 164 Å². The molecule has 144 valence electrons. The van der Waals surface area contributed by atoms with Gasteiger partial charge in [-0.25, -0.2) is 4.79 Å². The molecule has 28 heavy (non-hydrogen) atoms. The summed E-state index contributed by atoms with van der Waals surface area (Å²) < 4.78 is 13.4. The number of benzene rings is 2. The quantitative estimate of drug-likeness (QED) is 0.578. The van der Waals surface area contributed by atoms with Gasteiger partial charge in [-0.1, -0.05) is 36.4 Å². The minimum Gasteiger partial charge on any atom is -0.496 e. The first-order valence-electron chi connectivity index (χ1n) is 9.39. The van der Waals surface area contributed by atoms with Crippen molar-refractivity contribution in [3.05, 3.63) is 76.5 Å². The summed E-state index contributed by atoms with van der Waals surface area (Å²) in [5.41, 5.74) is 8.18. The molecule has 5 nitrogen and oxygen atoms in total. The second kappa shape index (κ2) is 7.43. The number of rotatable bonds is 4. The molecule has 1 amide bonds. The normalized spacial score (nSPS) is 12.1. The Bertz CT molecular complexity index is 1040. The molecule has 0 saturated heterocycles. The van der Waals surface area contributed by atoms with Crippen molar-refractivity contribution in [1.82, 2.24) is 9.88 Å². The number of nitrogens with zero attached hydrogens (tertiary/aromatic N) is 1. The van der Waals surface area contributed by atoms with Gasteiger partial charge in [0.15, 0.2) is 0 Å². The summed E-state index contributed by atoms with van der Waals surface area (Å²) in [5, 5.41) is 2.52. The monoisotopic (exact) mass is 376 g/mol.